The minimum absolute atomic E-state index is 0.0256. The van der Waals surface area contributed by atoms with Crippen LogP contribution >= 0.6 is 0 Å². The molecule has 1 fully saturated rings. The van der Waals surface area contributed by atoms with Gasteiger partial charge in [0.15, 0.2) is 5.79 Å². The summed E-state index contributed by atoms with van der Waals surface area (Å²) < 4.78 is 11.9. The molecule has 0 bridgehead atoms. The molecule has 2 aliphatic rings. The Balaban J connectivity index is 2.14. The molecule has 3 rings (SSSR count). The van der Waals surface area contributed by atoms with Crippen molar-refractivity contribution in [3.63, 3.8) is 0 Å². The molecule has 1 heterocycles. The van der Waals surface area contributed by atoms with Crippen molar-refractivity contribution in [2.24, 2.45) is 5.92 Å². The van der Waals surface area contributed by atoms with Crippen LogP contribution in [0.1, 0.15) is 38.3 Å². The number of rotatable bonds is 1. The predicted molar refractivity (Wildman–Crippen MR) is 73.4 cm³/mol. The molecule has 0 saturated carbocycles. The van der Waals surface area contributed by atoms with E-state index >= 15 is 0 Å². The highest BCUT2D eigenvalue weighted by Crippen LogP contribution is 2.51. The summed E-state index contributed by atoms with van der Waals surface area (Å²) in [4.78, 5) is 11.4. The summed E-state index contributed by atoms with van der Waals surface area (Å²) in [7, 11) is 0. The van der Waals surface area contributed by atoms with Crippen LogP contribution in [0.25, 0.3) is 0 Å². The fourth-order valence-corrected chi connectivity index (χ4v) is 3.75. The number of carbonyl (C=O) groups is 1. The van der Waals surface area contributed by atoms with Crippen molar-refractivity contribution in [3.05, 3.63) is 29.3 Å². The first-order valence-corrected chi connectivity index (χ1v) is 7.02. The van der Waals surface area contributed by atoms with E-state index in [2.05, 4.69) is 0 Å². The Morgan fingerprint density at radius 2 is 2.10 bits per heavy atom. The number of aromatic hydroxyl groups is 1. The number of aldehydes is 1. The number of hydrogen-bond donors (Lipinski definition) is 1. The van der Waals surface area contributed by atoms with Gasteiger partial charge >= 0.3 is 0 Å². The third-order valence-electron chi connectivity index (χ3n) is 4.51. The molecule has 1 aliphatic carbocycles. The van der Waals surface area contributed by atoms with Gasteiger partial charge in [-0.1, -0.05) is 12.1 Å². The van der Waals surface area contributed by atoms with Gasteiger partial charge in [-0.2, -0.15) is 0 Å². The maximum atomic E-state index is 11.4. The smallest absolute Gasteiger partial charge is 0.164 e. The molecular weight excluding hydrogens is 256 g/mol. The normalized spacial score (nSPS) is 35.0. The van der Waals surface area contributed by atoms with Crippen molar-refractivity contribution in [2.75, 3.05) is 0 Å². The molecule has 4 nitrogen and oxygen atoms in total. The van der Waals surface area contributed by atoms with E-state index in [0.717, 1.165) is 30.3 Å². The molecule has 3 atom stereocenters. The standard InChI is InChI=1S/C16H20O4/c1-15(2)19-14(9-17)12-8-7-10-11(16(12,3)20-15)5-4-6-13(10)18/h4-6,9,12,14,18H,7-8H2,1-3H3. The fourth-order valence-electron chi connectivity index (χ4n) is 3.75. The first kappa shape index (κ1) is 13.6. The van der Waals surface area contributed by atoms with Crippen LogP contribution in [0.3, 0.4) is 0 Å². The topological polar surface area (TPSA) is 55.8 Å². The van der Waals surface area contributed by atoms with Gasteiger partial charge in [0.25, 0.3) is 0 Å². The summed E-state index contributed by atoms with van der Waals surface area (Å²) in [6, 6.07) is 5.50. The van der Waals surface area contributed by atoms with Crippen LogP contribution in [0.5, 0.6) is 5.75 Å². The highest BCUT2D eigenvalue weighted by molar-refractivity contribution is 5.58. The Kier molecular flexibility index (Phi) is 2.92. The molecule has 1 aliphatic heterocycles. The summed E-state index contributed by atoms with van der Waals surface area (Å²) in [6.45, 7) is 5.64. The Hall–Kier alpha value is -1.39. The average molecular weight is 276 g/mol. The zero-order valence-electron chi connectivity index (χ0n) is 12.1. The van der Waals surface area contributed by atoms with Gasteiger partial charge in [0, 0.05) is 5.92 Å². The van der Waals surface area contributed by atoms with Crippen LogP contribution in [0.4, 0.5) is 0 Å². The van der Waals surface area contributed by atoms with Gasteiger partial charge in [-0.05, 0) is 50.8 Å². The Labute approximate surface area is 118 Å². The highest BCUT2D eigenvalue weighted by Gasteiger charge is 2.54. The van der Waals surface area contributed by atoms with Crippen LogP contribution in [-0.4, -0.2) is 23.3 Å². The molecule has 1 saturated heterocycles. The molecule has 0 amide bonds. The number of carbonyl (C=O) groups excluding carboxylic acids is 1. The number of benzene rings is 1. The monoisotopic (exact) mass is 276 g/mol. The SMILES string of the molecule is CC1(C)OC(C=O)C2CCc3c(O)cccc3C2(C)O1. The average Bonchev–Trinajstić information content (AvgIpc) is 2.36. The van der Waals surface area contributed by atoms with Crippen LogP contribution in [0.15, 0.2) is 18.2 Å². The van der Waals surface area contributed by atoms with Crippen LogP contribution in [0.2, 0.25) is 0 Å². The van der Waals surface area contributed by atoms with E-state index in [-0.39, 0.29) is 5.92 Å². The summed E-state index contributed by atoms with van der Waals surface area (Å²) in [5.41, 5.74) is 1.28. The zero-order chi connectivity index (χ0) is 14.5. The summed E-state index contributed by atoms with van der Waals surface area (Å²) in [6.07, 6.45) is 1.90. The molecule has 108 valence electrons. The minimum Gasteiger partial charge on any atom is -0.508 e. The van der Waals surface area contributed by atoms with E-state index in [4.69, 9.17) is 9.47 Å². The lowest BCUT2D eigenvalue weighted by Crippen LogP contribution is -2.57. The van der Waals surface area contributed by atoms with Gasteiger partial charge < -0.3 is 19.4 Å². The van der Waals surface area contributed by atoms with Crippen molar-refractivity contribution in [1.82, 2.24) is 0 Å². The second-order valence-electron chi connectivity index (χ2n) is 6.28. The highest BCUT2D eigenvalue weighted by atomic mass is 16.7. The zero-order valence-corrected chi connectivity index (χ0v) is 12.1. The van der Waals surface area contributed by atoms with E-state index < -0.39 is 17.5 Å². The lowest BCUT2D eigenvalue weighted by atomic mass is 9.69. The molecule has 0 radical (unpaired) electrons. The van der Waals surface area contributed by atoms with E-state index in [1.165, 1.54) is 0 Å². The van der Waals surface area contributed by atoms with Crippen molar-refractivity contribution in [2.45, 2.75) is 51.1 Å². The largest absolute Gasteiger partial charge is 0.508 e. The quantitative estimate of drug-likeness (QED) is 0.801. The maximum absolute atomic E-state index is 11.4. The van der Waals surface area contributed by atoms with E-state index in [1.54, 1.807) is 6.07 Å². The van der Waals surface area contributed by atoms with E-state index in [0.29, 0.717) is 5.75 Å². The lowest BCUT2D eigenvalue weighted by molar-refractivity contribution is -0.351. The molecule has 1 aromatic rings. The van der Waals surface area contributed by atoms with Gasteiger partial charge in [0.05, 0.1) is 5.60 Å². The second kappa shape index (κ2) is 4.30. The Bertz CT molecular complexity index is 551. The third-order valence-corrected chi connectivity index (χ3v) is 4.51. The minimum atomic E-state index is -0.823. The number of phenolic OH excluding ortho intramolecular Hbond substituents is 1. The van der Waals surface area contributed by atoms with Crippen molar-refractivity contribution in [3.8, 4) is 5.75 Å². The number of phenols is 1. The predicted octanol–water partition coefficient (Wildman–Crippen LogP) is 2.52. The summed E-state index contributed by atoms with van der Waals surface area (Å²) in [5, 5.41) is 10.1. The van der Waals surface area contributed by atoms with Crippen LogP contribution in [0, 0.1) is 5.92 Å². The third kappa shape index (κ3) is 1.86. The van der Waals surface area contributed by atoms with Gasteiger partial charge in [-0.15, -0.1) is 0 Å². The van der Waals surface area contributed by atoms with Crippen molar-refractivity contribution < 1.29 is 19.4 Å². The Morgan fingerprint density at radius 1 is 1.35 bits per heavy atom. The maximum Gasteiger partial charge on any atom is 0.164 e. The molecule has 0 spiro atoms. The first-order chi connectivity index (χ1) is 9.37. The van der Waals surface area contributed by atoms with Gasteiger partial charge in [-0.25, -0.2) is 0 Å². The van der Waals surface area contributed by atoms with Gasteiger partial charge in [0.2, 0.25) is 0 Å². The molecular formula is C16H20O4. The van der Waals surface area contributed by atoms with Crippen LogP contribution < -0.4 is 0 Å². The molecule has 0 aromatic heterocycles. The second-order valence-corrected chi connectivity index (χ2v) is 6.28. The summed E-state index contributed by atoms with van der Waals surface area (Å²) in [5.74, 6) is -0.545. The van der Waals surface area contributed by atoms with Gasteiger partial charge in [0.1, 0.15) is 18.1 Å². The summed E-state index contributed by atoms with van der Waals surface area (Å²) >= 11 is 0. The number of ether oxygens (including phenoxy) is 2. The van der Waals surface area contributed by atoms with Crippen molar-refractivity contribution >= 4 is 6.29 Å². The van der Waals surface area contributed by atoms with Crippen LogP contribution in [-0.2, 0) is 26.3 Å². The molecule has 1 N–H and O–H groups in total. The number of fused-ring (bicyclic) bond motifs is 3. The molecule has 1 aromatic carbocycles. The molecule has 4 heteroatoms. The Morgan fingerprint density at radius 3 is 2.80 bits per heavy atom. The fraction of sp³-hybridized carbons (Fsp3) is 0.562. The van der Waals surface area contributed by atoms with Gasteiger partial charge in [-0.3, -0.25) is 0 Å². The lowest BCUT2D eigenvalue weighted by Gasteiger charge is -2.53. The first-order valence-electron chi connectivity index (χ1n) is 7.02. The molecule has 3 unspecified atom stereocenters. The number of hydrogen-bond acceptors (Lipinski definition) is 4. The van der Waals surface area contributed by atoms with E-state index in [1.807, 2.05) is 32.9 Å². The van der Waals surface area contributed by atoms with Crippen molar-refractivity contribution in [1.29, 1.82) is 0 Å². The molecule has 20 heavy (non-hydrogen) atoms. The van der Waals surface area contributed by atoms with E-state index in [9.17, 15) is 9.90 Å².